The number of piperazine rings is 1. The van der Waals surface area contributed by atoms with Gasteiger partial charge in [-0.2, -0.15) is 0 Å². The van der Waals surface area contributed by atoms with Crippen LogP contribution in [-0.4, -0.2) is 55.8 Å². The van der Waals surface area contributed by atoms with Crippen LogP contribution < -0.4 is 10.2 Å². The van der Waals surface area contributed by atoms with Gasteiger partial charge in [-0.3, -0.25) is 0 Å². The predicted octanol–water partition coefficient (Wildman–Crippen LogP) is 1.68. The summed E-state index contributed by atoms with van der Waals surface area (Å²) < 4.78 is 5.33. The number of anilines is 1. The van der Waals surface area contributed by atoms with E-state index in [2.05, 4.69) is 29.1 Å². The average Bonchev–Trinajstić information content (AvgIpc) is 3.19. The fourth-order valence-corrected chi connectivity index (χ4v) is 3.97. The van der Waals surface area contributed by atoms with Gasteiger partial charge in [-0.15, -0.1) is 11.3 Å². The Hall–Kier alpha value is -0.690. The molecule has 0 spiro atoms. The zero-order valence-electron chi connectivity index (χ0n) is 13.3. The molecule has 1 aliphatic carbocycles. The maximum atomic E-state index is 5.33. The average molecular weight is 310 g/mol. The van der Waals surface area contributed by atoms with Crippen LogP contribution >= 0.6 is 11.3 Å². The van der Waals surface area contributed by atoms with Gasteiger partial charge in [-0.25, -0.2) is 4.98 Å². The Morgan fingerprint density at radius 2 is 2.19 bits per heavy atom. The van der Waals surface area contributed by atoms with Crippen molar-refractivity contribution in [2.45, 2.75) is 45.0 Å². The fourth-order valence-electron chi connectivity index (χ4n) is 2.83. The lowest BCUT2D eigenvalue weighted by molar-refractivity contribution is 0.181. The van der Waals surface area contributed by atoms with E-state index in [1.807, 2.05) is 11.3 Å². The van der Waals surface area contributed by atoms with Gasteiger partial charge in [0.15, 0.2) is 5.13 Å². The number of thiazole rings is 1. The van der Waals surface area contributed by atoms with Crippen molar-refractivity contribution in [3.05, 3.63) is 10.6 Å². The normalized spacial score (nSPS) is 23.8. The van der Waals surface area contributed by atoms with Crippen LogP contribution in [-0.2, 0) is 17.9 Å². The Balaban J connectivity index is 1.72. The molecule has 0 radical (unpaired) electrons. The summed E-state index contributed by atoms with van der Waals surface area (Å²) in [6.07, 6.45) is 2.64. The highest BCUT2D eigenvalue weighted by molar-refractivity contribution is 7.15. The van der Waals surface area contributed by atoms with Crippen molar-refractivity contribution in [2.24, 2.45) is 0 Å². The second-order valence-corrected chi connectivity index (χ2v) is 7.32. The lowest BCUT2D eigenvalue weighted by Gasteiger charge is -2.38. The van der Waals surface area contributed by atoms with Crippen molar-refractivity contribution in [1.82, 2.24) is 15.2 Å². The molecule has 2 fully saturated rings. The van der Waals surface area contributed by atoms with E-state index in [1.54, 1.807) is 7.11 Å². The van der Waals surface area contributed by atoms with E-state index in [4.69, 9.17) is 9.72 Å². The summed E-state index contributed by atoms with van der Waals surface area (Å²) >= 11 is 1.83. The summed E-state index contributed by atoms with van der Waals surface area (Å²) in [4.78, 5) is 11.0. The van der Waals surface area contributed by atoms with Crippen LogP contribution in [0.3, 0.4) is 0 Å². The SMILES string of the molecule is COCc1nc(N2CCN(C)CC2C)sc1CNC1CC1. The fraction of sp³-hybridized carbons (Fsp3) is 0.800. The molecule has 1 aliphatic heterocycles. The maximum absolute atomic E-state index is 5.33. The van der Waals surface area contributed by atoms with E-state index in [0.717, 1.165) is 43.0 Å². The molecular weight excluding hydrogens is 284 g/mol. The van der Waals surface area contributed by atoms with Crippen LogP contribution in [0.1, 0.15) is 30.3 Å². The first-order valence-corrected chi connectivity index (χ1v) is 8.65. The van der Waals surface area contributed by atoms with Crippen LogP contribution in [0.15, 0.2) is 0 Å². The molecule has 5 nitrogen and oxygen atoms in total. The summed E-state index contributed by atoms with van der Waals surface area (Å²) in [5, 5.41) is 4.76. The van der Waals surface area contributed by atoms with Crippen molar-refractivity contribution < 1.29 is 4.74 Å². The summed E-state index contributed by atoms with van der Waals surface area (Å²) in [7, 11) is 3.94. The predicted molar refractivity (Wildman–Crippen MR) is 87.0 cm³/mol. The van der Waals surface area contributed by atoms with Crippen molar-refractivity contribution in [1.29, 1.82) is 0 Å². The molecule has 1 aromatic rings. The van der Waals surface area contributed by atoms with Gasteiger partial charge in [0.05, 0.1) is 12.3 Å². The number of hydrogen-bond donors (Lipinski definition) is 1. The van der Waals surface area contributed by atoms with E-state index in [9.17, 15) is 0 Å². The highest BCUT2D eigenvalue weighted by Gasteiger charge is 2.26. The number of nitrogens with zero attached hydrogens (tertiary/aromatic N) is 3. The monoisotopic (exact) mass is 310 g/mol. The first kappa shape index (κ1) is 15.2. The summed E-state index contributed by atoms with van der Waals surface area (Å²) in [5.41, 5.74) is 1.11. The first-order valence-electron chi connectivity index (χ1n) is 7.83. The van der Waals surface area contributed by atoms with E-state index in [0.29, 0.717) is 12.6 Å². The molecule has 1 N–H and O–H groups in total. The number of aromatic nitrogens is 1. The summed E-state index contributed by atoms with van der Waals surface area (Å²) in [6.45, 7) is 7.11. The molecule has 0 aromatic carbocycles. The largest absolute Gasteiger partial charge is 0.378 e. The smallest absolute Gasteiger partial charge is 0.186 e. The van der Waals surface area contributed by atoms with Crippen molar-refractivity contribution in [3.8, 4) is 0 Å². The highest BCUT2D eigenvalue weighted by Crippen LogP contribution is 2.30. The van der Waals surface area contributed by atoms with Gasteiger partial charge in [-0.1, -0.05) is 0 Å². The van der Waals surface area contributed by atoms with Gasteiger partial charge in [0, 0.05) is 50.2 Å². The second kappa shape index (κ2) is 6.60. The van der Waals surface area contributed by atoms with Crippen molar-refractivity contribution >= 4 is 16.5 Å². The number of ether oxygens (including phenoxy) is 1. The zero-order valence-corrected chi connectivity index (χ0v) is 14.1. The third-order valence-electron chi connectivity index (χ3n) is 4.25. The van der Waals surface area contributed by atoms with E-state index >= 15 is 0 Å². The summed E-state index contributed by atoms with van der Waals surface area (Å²) in [6, 6.07) is 1.25. The Morgan fingerprint density at radius 3 is 2.86 bits per heavy atom. The number of rotatable bonds is 6. The van der Waals surface area contributed by atoms with E-state index in [1.165, 1.54) is 17.7 Å². The molecule has 1 aromatic heterocycles. The van der Waals surface area contributed by atoms with Crippen LogP contribution in [0.4, 0.5) is 5.13 Å². The van der Waals surface area contributed by atoms with Crippen molar-refractivity contribution in [2.75, 3.05) is 38.7 Å². The minimum Gasteiger partial charge on any atom is -0.378 e. The highest BCUT2D eigenvalue weighted by atomic mass is 32.1. The number of nitrogens with one attached hydrogen (secondary N) is 1. The quantitative estimate of drug-likeness (QED) is 0.866. The van der Waals surface area contributed by atoms with Crippen LogP contribution in [0, 0.1) is 0 Å². The number of hydrogen-bond acceptors (Lipinski definition) is 6. The Labute approximate surface area is 131 Å². The number of methoxy groups -OCH3 is 1. The van der Waals surface area contributed by atoms with Gasteiger partial charge in [0.25, 0.3) is 0 Å². The Kier molecular flexibility index (Phi) is 4.78. The van der Waals surface area contributed by atoms with Gasteiger partial charge in [-0.05, 0) is 26.8 Å². The molecule has 21 heavy (non-hydrogen) atoms. The third kappa shape index (κ3) is 3.74. The van der Waals surface area contributed by atoms with E-state index in [-0.39, 0.29) is 0 Å². The summed E-state index contributed by atoms with van der Waals surface area (Å²) in [5.74, 6) is 0. The molecule has 3 rings (SSSR count). The molecule has 0 amide bonds. The van der Waals surface area contributed by atoms with Gasteiger partial charge >= 0.3 is 0 Å². The Morgan fingerprint density at radius 1 is 1.38 bits per heavy atom. The maximum Gasteiger partial charge on any atom is 0.186 e. The van der Waals surface area contributed by atoms with E-state index < -0.39 is 0 Å². The molecular formula is C15H26N4OS. The second-order valence-electron chi connectivity index (χ2n) is 6.26. The molecule has 1 saturated carbocycles. The van der Waals surface area contributed by atoms with Crippen LogP contribution in [0.2, 0.25) is 0 Å². The molecule has 118 valence electrons. The van der Waals surface area contributed by atoms with Gasteiger partial charge in [0.2, 0.25) is 0 Å². The van der Waals surface area contributed by atoms with Crippen LogP contribution in [0.5, 0.6) is 0 Å². The van der Waals surface area contributed by atoms with Gasteiger partial charge in [0.1, 0.15) is 0 Å². The van der Waals surface area contributed by atoms with Crippen LogP contribution in [0.25, 0.3) is 0 Å². The van der Waals surface area contributed by atoms with Gasteiger partial charge < -0.3 is 19.9 Å². The molecule has 1 saturated heterocycles. The minimum absolute atomic E-state index is 0.523. The van der Waals surface area contributed by atoms with Crippen molar-refractivity contribution in [3.63, 3.8) is 0 Å². The molecule has 1 atom stereocenters. The standard InChI is InChI=1S/C15H26N4OS/c1-11-9-18(2)6-7-19(11)15-17-13(10-20-3)14(21-15)8-16-12-4-5-12/h11-12,16H,4-10H2,1-3H3. The molecule has 6 heteroatoms. The molecule has 1 unspecified atom stereocenters. The Bertz CT molecular complexity index is 474. The third-order valence-corrected chi connectivity index (χ3v) is 5.39. The molecule has 2 aliphatic rings. The first-order chi connectivity index (χ1) is 10.2. The minimum atomic E-state index is 0.523. The number of likely N-dealkylation sites (N-methyl/N-ethyl adjacent to an activating group) is 1. The zero-order chi connectivity index (χ0) is 14.8. The lowest BCUT2D eigenvalue weighted by atomic mass is 10.2. The lowest BCUT2D eigenvalue weighted by Crippen LogP contribution is -2.50. The molecule has 0 bridgehead atoms. The molecule has 2 heterocycles. The topological polar surface area (TPSA) is 40.6 Å².